The van der Waals surface area contributed by atoms with Gasteiger partial charge in [-0.3, -0.25) is 9.20 Å². The number of rotatable bonds is 9. The van der Waals surface area contributed by atoms with Crippen molar-refractivity contribution in [3.05, 3.63) is 29.7 Å². The Hall–Kier alpha value is -1.92. The summed E-state index contributed by atoms with van der Waals surface area (Å²) < 4.78 is 18.3. The fourth-order valence-electron chi connectivity index (χ4n) is 3.87. The lowest BCUT2D eigenvalue weighted by atomic mass is 9.90. The van der Waals surface area contributed by atoms with Gasteiger partial charge >= 0.3 is 0 Å². The molecule has 3 rings (SSSR count). The van der Waals surface area contributed by atoms with Crippen molar-refractivity contribution in [2.24, 2.45) is 5.92 Å². The fourth-order valence-corrected chi connectivity index (χ4v) is 3.87. The second-order valence-corrected chi connectivity index (χ2v) is 7.29. The van der Waals surface area contributed by atoms with E-state index in [1.54, 1.807) is 14.2 Å². The van der Waals surface area contributed by atoms with Gasteiger partial charge in [-0.15, -0.1) is 0 Å². The van der Waals surface area contributed by atoms with Crippen molar-refractivity contribution in [2.45, 2.75) is 58.2 Å². The van der Waals surface area contributed by atoms with E-state index in [2.05, 4.69) is 4.98 Å². The Morgan fingerprint density at radius 1 is 1.26 bits per heavy atom. The molecule has 6 nitrogen and oxygen atoms in total. The van der Waals surface area contributed by atoms with Crippen LogP contribution in [0.1, 0.15) is 61.1 Å². The van der Waals surface area contributed by atoms with Gasteiger partial charge < -0.3 is 14.2 Å². The van der Waals surface area contributed by atoms with Crippen molar-refractivity contribution in [3.63, 3.8) is 0 Å². The number of aromatic nitrogens is 2. The van der Waals surface area contributed by atoms with E-state index in [1.807, 2.05) is 29.7 Å². The minimum atomic E-state index is -0.372. The van der Waals surface area contributed by atoms with Crippen LogP contribution in [0.25, 0.3) is 5.65 Å². The molecule has 0 saturated heterocycles. The van der Waals surface area contributed by atoms with Crippen LogP contribution in [0.15, 0.2) is 18.3 Å². The van der Waals surface area contributed by atoms with E-state index in [1.165, 1.54) is 32.1 Å². The van der Waals surface area contributed by atoms with Gasteiger partial charge in [-0.25, -0.2) is 4.98 Å². The van der Waals surface area contributed by atoms with Gasteiger partial charge in [0.15, 0.2) is 23.5 Å². The zero-order valence-corrected chi connectivity index (χ0v) is 16.6. The molecule has 0 atom stereocenters. The van der Waals surface area contributed by atoms with E-state index in [0.717, 1.165) is 18.1 Å². The first kappa shape index (κ1) is 19.8. The molecular formula is C21H30N2O4. The number of nitrogens with zero attached hydrogens (tertiary/aromatic N) is 2. The minimum Gasteiger partial charge on any atom is -0.489 e. The lowest BCUT2D eigenvalue weighted by Gasteiger charge is -2.21. The highest BCUT2D eigenvalue weighted by molar-refractivity contribution is 5.96. The number of carbonyl (C=O) groups excluding carboxylic acids is 1. The molecule has 1 saturated carbocycles. The summed E-state index contributed by atoms with van der Waals surface area (Å²) in [6.07, 6.45) is 8.75. The predicted molar refractivity (Wildman–Crippen MR) is 103 cm³/mol. The zero-order valence-electron chi connectivity index (χ0n) is 16.6. The smallest absolute Gasteiger partial charge is 0.181 e. The summed E-state index contributed by atoms with van der Waals surface area (Å²) in [5, 5.41) is 0. The molecule has 6 heteroatoms. The van der Waals surface area contributed by atoms with Crippen LogP contribution in [-0.4, -0.2) is 42.3 Å². The summed E-state index contributed by atoms with van der Waals surface area (Å²) in [5.74, 6) is 1.40. The third-order valence-corrected chi connectivity index (χ3v) is 5.38. The van der Waals surface area contributed by atoms with Crippen molar-refractivity contribution in [1.82, 2.24) is 9.38 Å². The van der Waals surface area contributed by atoms with E-state index in [4.69, 9.17) is 14.2 Å². The maximum absolute atomic E-state index is 12.8. The number of Topliss-reactive ketones (excluding diaryl/α,β-unsaturated/α-hetero) is 1. The normalized spacial score (nSPS) is 15.6. The molecule has 0 bridgehead atoms. The molecular weight excluding hydrogens is 344 g/mol. The average Bonchev–Trinajstić information content (AvgIpc) is 3.04. The molecule has 1 aliphatic rings. The monoisotopic (exact) mass is 374 g/mol. The third-order valence-electron chi connectivity index (χ3n) is 5.38. The van der Waals surface area contributed by atoms with Crippen LogP contribution in [0, 0.1) is 12.8 Å². The summed E-state index contributed by atoms with van der Waals surface area (Å²) in [5.41, 5.74) is 2.04. The van der Waals surface area contributed by atoms with Crippen LogP contribution in [0.2, 0.25) is 0 Å². The number of ether oxygens (including phenoxy) is 3. The van der Waals surface area contributed by atoms with Crippen LogP contribution in [0.4, 0.5) is 0 Å². The van der Waals surface area contributed by atoms with Crippen molar-refractivity contribution in [2.75, 3.05) is 20.8 Å². The van der Waals surface area contributed by atoms with E-state index in [0.29, 0.717) is 30.1 Å². The Morgan fingerprint density at radius 2 is 2.00 bits per heavy atom. The van der Waals surface area contributed by atoms with E-state index in [9.17, 15) is 4.79 Å². The standard InChI is InChI=1S/C21H30N2O4/c1-15-20(17(24)11-12-19(25-2)26-3)23-13-7-10-18(21(23)22-15)27-14-16-8-5-4-6-9-16/h7,10,13,16,19H,4-6,8-9,11-12,14H2,1-3H3. The Bertz CT molecular complexity index is 761. The lowest BCUT2D eigenvalue weighted by Crippen LogP contribution is -2.16. The minimum absolute atomic E-state index is 0.0310. The van der Waals surface area contributed by atoms with Crippen molar-refractivity contribution in [3.8, 4) is 5.75 Å². The summed E-state index contributed by atoms with van der Waals surface area (Å²) >= 11 is 0. The van der Waals surface area contributed by atoms with Crippen LogP contribution in [-0.2, 0) is 9.47 Å². The first-order valence-electron chi connectivity index (χ1n) is 9.83. The van der Waals surface area contributed by atoms with Gasteiger partial charge in [-0.05, 0) is 37.8 Å². The van der Waals surface area contributed by atoms with Crippen molar-refractivity contribution in [1.29, 1.82) is 0 Å². The molecule has 1 aliphatic carbocycles. The van der Waals surface area contributed by atoms with Crippen LogP contribution in [0.3, 0.4) is 0 Å². The second kappa shape index (κ2) is 9.33. The van der Waals surface area contributed by atoms with E-state index >= 15 is 0 Å². The van der Waals surface area contributed by atoms with Gasteiger partial charge in [0.25, 0.3) is 0 Å². The Balaban J connectivity index is 1.75. The Labute approximate surface area is 160 Å². The highest BCUT2D eigenvalue weighted by atomic mass is 16.7. The molecule has 2 aromatic rings. The zero-order chi connectivity index (χ0) is 19.2. The number of hydrogen-bond donors (Lipinski definition) is 0. The lowest BCUT2D eigenvalue weighted by molar-refractivity contribution is -0.105. The third kappa shape index (κ3) is 4.68. The van der Waals surface area contributed by atoms with E-state index in [-0.39, 0.29) is 12.1 Å². The molecule has 148 valence electrons. The first-order valence-corrected chi connectivity index (χ1v) is 9.83. The number of imidazole rings is 1. The van der Waals surface area contributed by atoms with Gasteiger partial charge in [-0.1, -0.05) is 19.3 Å². The summed E-state index contributed by atoms with van der Waals surface area (Å²) in [7, 11) is 3.15. The molecule has 27 heavy (non-hydrogen) atoms. The molecule has 0 unspecified atom stereocenters. The molecule has 0 aromatic carbocycles. The van der Waals surface area contributed by atoms with Gasteiger partial charge in [0, 0.05) is 33.3 Å². The predicted octanol–water partition coefficient (Wildman–Crippen LogP) is 4.18. The van der Waals surface area contributed by atoms with Gasteiger partial charge in [0.1, 0.15) is 5.69 Å². The number of carbonyl (C=O) groups is 1. The number of fused-ring (bicyclic) bond motifs is 1. The summed E-state index contributed by atoms with van der Waals surface area (Å²) in [6.45, 7) is 2.59. The van der Waals surface area contributed by atoms with Crippen LogP contribution < -0.4 is 4.74 Å². The van der Waals surface area contributed by atoms with Crippen molar-refractivity contribution < 1.29 is 19.0 Å². The number of aryl methyl sites for hydroxylation is 1. The quantitative estimate of drug-likeness (QED) is 0.487. The molecule has 0 amide bonds. The van der Waals surface area contributed by atoms with Crippen LogP contribution >= 0.6 is 0 Å². The number of ketones is 1. The highest BCUT2D eigenvalue weighted by Crippen LogP contribution is 2.27. The Morgan fingerprint density at radius 3 is 2.70 bits per heavy atom. The fraction of sp³-hybridized carbons (Fsp3) is 0.619. The largest absolute Gasteiger partial charge is 0.489 e. The average molecular weight is 374 g/mol. The number of pyridine rings is 1. The van der Waals surface area contributed by atoms with Gasteiger partial charge in [0.05, 0.1) is 12.3 Å². The molecule has 2 heterocycles. The topological polar surface area (TPSA) is 62.1 Å². The summed E-state index contributed by atoms with van der Waals surface area (Å²) in [4.78, 5) is 17.4. The first-order chi connectivity index (χ1) is 13.1. The number of methoxy groups -OCH3 is 2. The molecule has 0 N–H and O–H groups in total. The molecule has 0 spiro atoms. The molecule has 2 aromatic heterocycles. The maximum atomic E-state index is 12.8. The maximum Gasteiger partial charge on any atom is 0.181 e. The number of hydrogen-bond acceptors (Lipinski definition) is 5. The second-order valence-electron chi connectivity index (χ2n) is 7.29. The highest BCUT2D eigenvalue weighted by Gasteiger charge is 2.21. The SMILES string of the molecule is COC(CCC(=O)c1c(C)nc2c(OCC3CCCCC3)cccn12)OC. The van der Waals surface area contributed by atoms with Gasteiger partial charge in [-0.2, -0.15) is 0 Å². The Kier molecular flexibility index (Phi) is 6.85. The molecule has 1 fully saturated rings. The van der Waals surface area contributed by atoms with Gasteiger partial charge in [0.2, 0.25) is 0 Å². The molecule has 0 aliphatic heterocycles. The van der Waals surface area contributed by atoms with Crippen LogP contribution in [0.5, 0.6) is 5.75 Å². The van der Waals surface area contributed by atoms with Crippen molar-refractivity contribution >= 4 is 11.4 Å². The van der Waals surface area contributed by atoms with E-state index < -0.39 is 0 Å². The summed E-state index contributed by atoms with van der Waals surface area (Å²) in [6, 6.07) is 3.85. The molecule has 0 radical (unpaired) electrons.